The van der Waals surface area contributed by atoms with Crippen LogP contribution >= 0.6 is 0 Å². The lowest BCUT2D eigenvalue weighted by Crippen LogP contribution is -2.01. The van der Waals surface area contributed by atoms with E-state index >= 15 is 0 Å². The molecule has 0 saturated carbocycles. The van der Waals surface area contributed by atoms with Gasteiger partial charge < -0.3 is 10.3 Å². The number of benzene rings is 1. The Bertz CT molecular complexity index is 675. The molecule has 2 N–H and O–H groups in total. The summed E-state index contributed by atoms with van der Waals surface area (Å²) >= 11 is 0. The first kappa shape index (κ1) is 11.6. The molecule has 96 valence electrons. The lowest BCUT2D eigenvalue weighted by Gasteiger charge is -2.04. The predicted octanol–water partition coefficient (Wildman–Crippen LogP) is 2.04. The summed E-state index contributed by atoms with van der Waals surface area (Å²) in [7, 11) is 0. The normalized spacial score (nSPS) is 10.9. The predicted molar refractivity (Wildman–Crippen MR) is 74.5 cm³/mol. The number of hydrogen-bond donors (Lipinski definition) is 1. The fraction of sp³-hybridized carbons (Fsp3) is 0.214. The molecule has 0 aliphatic heterocycles. The van der Waals surface area contributed by atoms with Gasteiger partial charge in [-0.05, 0) is 18.4 Å². The van der Waals surface area contributed by atoms with Crippen LogP contribution in [0.15, 0.2) is 42.9 Å². The minimum atomic E-state index is 0.289. The lowest BCUT2D eigenvalue weighted by molar-refractivity contribution is 0.653. The van der Waals surface area contributed by atoms with Gasteiger partial charge in [0, 0.05) is 6.54 Å². The quantitative estimate of drug-likeness (QED) is 0.772. The summed E-state index contributed by atoms with van der Waals surface area (Å²) in [6.45, 7) is 0.877. The standard InChI is InChI=1S/C14H15N5/c15-14-16-9-12-13(18-14)19(10-17-12)8-4-7-11-5-2-1-3-6-11/h1-3,5-6,9-10H,4,7-8H2,(H2,15,16,18). The SMILES string of the molecule is Nc1ncc2ncn(CCCc3ccccc3)c2n1. The second kappa shape index (κ2) is 5.06. The zero-order valence-corrected chi connectivity index (χ0v) is 10.5. The van der Waals surface area contributed by atoms with Gasteiger partial charge in [0.15, 0.2) is 5.65 Å². The third-order valence-corrected chi connectivity index (χ3v) is 3.08. The third kappa shape index (κ3) is 2.54. The highest BCUT2D eigenvalue weighted by Gasteiger charge is 2.05. The topological polar surface area (TPSA) is 69.6 Å². The number of nitrogens with zero attached hydrogens (tertiary/aromatic N) is 4. The van der Waals surface area contributed by atoms with Crippen LogP contribution in [0.25, 0.3) is 11.2 Å². The van der Waals surface area contributed by atoms with Gasteiger partial charge in [-0.3, -0.25) is 0 Å². The van der Waals surface area contributed by atoms with E-state index in [4.69, 9.17) is 5.73 Å². The highest BCUT2D eigenvalue weighted by atomic mass is 15.1. The van der Waals surface area contributed by atoms with Crippen LogP contribution in [-0.4, -0.2) is 19.5 Å². The van der Waals surface area contributed by atoms with Crippen molar-refractivity contribution < 1.29 is 0 Å². The van der Waals surface area contributed by atoms with Crippen LogP contribution in [-0.2, 0) is 13.0 Å². The van der Waals surface area contributed by atoms with Crippen molar-refractivity contribution in [2.75, 3.05) is 5.73 Å². The number of aryl methyl sites for hydroxylation is 2. The Morgan fingerprint density at radius 2 is 1.95 bits per heavy atom. The van der Waals surface area contributed by atoms with Crippen LogP contribution in [0.4, 0.5) is 5.95 Å². The smallest absolute Gasteiger partial charge is 0.222 e. The van der Waals surface area contributed by atoms with Crippen molar-refractivity contribution >= 4 is 17.1 Å². The lowest BCUT2D eigenvalue weighted by atomic mass is 10.1. The van der Waals surface area contributed by atoms with Crippen LogP contribution in [0.1, 0.15) is 12.0 Å². The van der Waals surface area contributed by atoms with Gasteiger partial charge in [0.1, 0.15) is 5.52 Å². The highest BCUT2D eigenvalue weighted by Crippen LogP contribution is 2.11. The molecule has 1 aromatic carbocycles. The van der Waals surface area contributed by atoms with Gasteiger partial charge in [0.25, 0.3) is 0 Å². The Morgan fingerprint density at radius 3 is 2.79 bits per heavy atom. The van der Waals surface area contributed by atoms with Crippen molar-refractivity contribution in [3.8, 4) is 0 Å². The summed E-state index contributed by atoms with van der Waals surface area (Å²) in [4.78, 5) is 12.4. The van der Waals surface area contributed by atoms with Gasteiger partial charge in [-0.25, -0.2) is 9.97 Å². The molecule has 0 spiro atoms. The summed E-state index contributed by atoms with van der Waals surface area (Å²) in [5.41, 5.74) is 8.55. The zero-order chi connectivity index (χ0) is 13.1. The molecule has 0 atom stereocenters. The molecule has 5 heteroatoms. The van der Waals surface area contributed by atoms with Crippen molar-refractivity contribution in [1.82, 2.24) is 19.5 Å². The van der Waals surface area contributed by atoms with Gasteiger partial charge in [0.05, 0.1) is 12.5 Å². The maximum absolute atomic E-state index is 5.61. The highest BCUT2D eigenvalue weighted by molar-refractivity contribution is 5.70. The summed E-state index contributed by atoms with van der Waals surface area (Å²) in [6.07, 6.45) is 5.54. The van der Waals surface area contributed by atoms with Gasteiger partial charge in [0.2, 0.25) is 5.95 Å². The molecule has 2 aromatic heterocycles. The summed E-state index contributed by atoms with van der Waals surface area (Å²) in [5.74, 6) is 0.289. The van der Waals surface area contributed by atoms with Crippen molar-refractivity contribution in [2.45, 2.75) is 19.4 Å². The van der Waals surface area contributed by atoms with Gasteiger partial charge >= 0.3 is 0 Å². The first-order valence-corrected chi connectivity index (χ1v) is 6.30. The zero-order valence-electron chi connectivity index (χ0n) is 10.5. The molecule has 3 rings (SSSR count). The molecular weight excluding hydrogens is 238 g/mol. The van der Waals surface area contributed by atoms with Crippen LogP contribution in [0.5, 0.6) is 0 Å². The molecule has 5 nitrogen and oxygen atoms in total. The van der Waals surface area contributed by atoms with Crippen LogP contribution in [0.3, 0.4) is 0 Å². The maximum atomic E-state index is 5.61. The minimum Gasteiger partial charge on any atom is -0.368 e. The summed E-state index contributed by atoms with van der Waals surface area (Å²) < 4.78 is 2.02. The second-order valence-electron chi connectivity index (χ2n) is 4.46. The molecule has 0 bridgehead atoms. The number of imidazole rings is 1. The fourth-order valence-electron chi connectivity index (χ4n) is 2.13. The Labute approximate surface area is 111 Å². The number of fused-ring (bicyclic) bond motifs is 1. The van der Waals surface area contributed by atoms with E-state index in [0.717, 1.165) is 30.6 Å². The fourth-order valence-corrected chi connectivity index (χ4v) is 2.13. The third-order valence-electron chi connectivity index (χ3n) is 3.08. The van der Waals surface area contributed by atoms with Crippen molar-refractivity contribution in [3.05, 3.63) is 48.4 Å². The van der Waals surface area contributed by atoms with Gasteiger partial charge in [-0.1, -0.05) is 30.3 Å². The molecule has 0 radical (unpaired) electrons. The number of anilines is 1. The number of nitrogens with two attached hydrogens (primary N) is 1. The molecule has 0 amide bonds. The summed E-state index contributed by atoms with van der Waals surface area (Å²) in [6, 6.07) is 10.5. The molecule has 3 aromatic rings. The molecule has 19 heavy (non-hydrogen) atoms. The molecule has 0 aliphatic rings. The molecule has 0 aliphatic carbocycles. The van der Waals surface area contributed by atoms with Gasteiger partial charge in [-0.2, -0.15) is 4.98 Å². The van der Waals surface area contributed by atoms with Gasteiger partial charge in [-0.15, -0.1) is 0 Å². The van der Waals surface area contributed by atoms with Crippen molar-refractivity contribution in [1.29, 1.82) is 0 Å². The van der Waals surface area contributed by atoms with Crippen LogP contribution in [0, 0.1) is 0 Å². The Hall–Kier alpha value is -2.43. The number of hydrogen-bond acceptors (Lipinski definition) is 4. The summed E-state index contributed by atoms with van der Waals surface area (Å²) in [5, 5.41) is 0. The van der Waals surface area contributed by atoms with E-state index in [-0.39, 0.29) is 5.95 Å². The van der Waals surface area contributed by atoms with E-state index in [2.05, 4.69) is 39.2 Å². The number of rotatable bonds is 4. The molecule has 0 fully saturated rings. The van der Waals surface area contributed by atoms with E-state index in [1.54, 1.807) is 12.5 Å². The average Bonchev–Trinajstić information content (AvgIpc) is 2.83. The van der Waals surface area contributed by atoms with E-state index in [1.807, 2.05) is 10.6 Å². The van der Waals surface area contributed by atoms with Crippen molar-refractivity contribution in [3.63, 3.8) is 0 Å². The Morgan fingerprint density at radius 1 is 1.11 bits per heavy atom. The molecule has 0 unspecified atom stereocenters. The molecular formula is C14H15N5. The first-order chi connectivity index (χ1) is 9.33. The monoisotopic (exact) mass is 253 g/mol. The second-order valence-corrected chi connectivity index (χ2v) is 4.46. The van der Waals surface area contributed by atoms with Crippen LogP contribution in [0.2, 0.25) is 0 Å². The van der Waals surface area contributed by atoms with E-state index < -0.39 is 0 Å². The largest absolute Gasteiger partial charge is 0.368 e. The molecule has 2 heterocycles. The Kier molecular flexibility index (Phi) is 3.10. The number of aromatic nitrogens is 4. The van der Waals surface area contributed by atoms with Crippen molar-refractivity contribution in [2.24, 2.45) is 0 Å². The van der Waals surface area contributed by atoms with E-state index in [0.29, 0.717) is 0 Å². The maximum Gasteiger partial charge on any atom is 0.222 e. The van der Waals surface area contributed by atoms with E-state index in [9.17, 15) is 0 Å². The average molecular weight is 253 g/mol. The number of nitrogen functional groups attached to an aromatic ring is 1. The molecule has 0 saturated heterocycles. The minimum absolute atomic E-state index is 0.289. The first-order valence-electron chi connectivity index (χ1n) is 6.30. The Balaban J connectivity index is 1.70. The van der Waals surface area contributed by atoms with Crippen LogP contribution < -0.4 is 5.73 Å². The van der Waals surface area contributed by atoms with E-state index in [1.165, 1.54) is 5.56 Å².